The molecule has 1 aliphatic heterocycles. The van der Waals surface area contributed by atoms with Crippen LogP contribution >= 0.6 is 0 Å². The summed E-state index contributed by atoms with van der Waals surface area (Å²) >= 11 is 0. The molecule has 0 aromatic heterocycles. The van der Waals surface area contributed by atoms with Gasteiger partial charge < -0.3 is 24.8 Å². The van der Waals surface area contributed by atoms with E-state index in [-0.39, 0.29) is 24.2 Å². The number of ketones is 1. The highest BCUT2D eigenvalue weighted by Crippen LogP contribution is 2.61. The highest BCUT2D eigenvalue weighted by Gasteiger charge is 2.69. The number of aliphatic hydroxyl groups excluding tert-OH is 2. The first-order valence-corrected chi connectivity index (χ1v) is 12.1. The molecule has 1 saturated heterocycles. The second-order valence-corrected chi connectivity index (χ2v) is 11.3. The lowest BCUT2D eigenvalue weighted by Gasteiger charge is -2.63. The zero-order chi connectivity index (χ0) is 24.6. The molecule has 0 radical (unpaired) electrons. The smallest absolute Gasteiger partial charge is 0.338 e. The van der Waals surface area contributed by atoms with Gasteiger partial charge in [0.05, 0.1) is 24.4 Å². The number of esters is 1. The lowest BCUT2D eigenvalue weighted by molar-refractivity contribution is -0.258. The fourth-order valence-electron chi connectivity index (χ4n) is 7.21. The second kappa shape index (κ2) is 7.72. The van der Waals surface area contributed by atoms with Crippen molar-refractivity contribution in [1.29, 1.82) is 0 Å². The van der Waals surface area contributed by atoms with Gasteiger partial charge in [-0.25, -0.2) is 4.79 Å². The van der Waals surface area contributed by atoms with Gasteiger partial charge in [-0.05, 0) is 43.0 Å². The quantitative estimate of drug-likeness (QED) is 0.449. The molecule has 184 valence electrons. The van der Waals surface area contributed by atoms with E-state index in [1.165, 1.54) is 0 Å². The van der Waals surface area contributed by atoms with Crippen molar-refractivity contribution in [1.82, 2.24) is 0 Å². The molecule has 4 aliphatic rings. The highest BCUT2D eigenvalue weighted by molar-refractivity contribution is 5.93. The minimum atomic E-state index is -1.71. The van der Waals surface area contributed by atoms with Crippen LogP contribution in [0, 0.1) is 22.7 Å². The van der Waals surface area contributed by atoms with Gasteiger partial charge in [0.25, 0.3) is 0 Å². The molecule has 2 bridgehead atoms. The first kappa shape index (κ1) is 23.7. The predicted octanol–water partition coefficient (Wildman–Crippen LogP) is 2.43. The average molecular weight is 471 g/mol. The number of carbonyl (C=O) groups is 2. The summed E-state index contributed by atoms with van der Waals surface area (Å²) in [5.41, 5.74) is -2.70. The summed E-state index contributed by atoms with van der Waals surface area (Å²) < 4.78 is 12.0. The van der Waals surface area contributed by atoms with E-state index in [2.05, 4.69) is 0 Å². The Balaban J connectivity index is 1.72. The molecule has 7 heteroatoms. The first-order chi connectivity index (χ1) is 15.9. The SMILES string of the molecule is CC1=C2[C@@H](O)C(=O)[C@]3(C)CC[C@H]4OC[C@H]4[C@H]3[C@H](OC(=O)c3ccccc3)[C@](O)(C[C@@H]1O)C2(C)C. The molecule has 0 unspecified atom stereocenters. The number of rotatable bonds is 2. The predicted molar refractivity (Wildman–Crippen MR) is 123 cm³/mol. The Labute approximate surface area is 199 Å². The van der Waals surface area contributed by atoms with Crippen LogP contribution in [0.15, 0.2) is 41.5 Å². The zero-order valence-corrected chi connectivity index (χ0v) is 20.2. The van der Waals surface area contributed by atoms with Crippen molar-refractivity contribution in [3.63, 3.8) is 0 Å². The summed E-state index contributed by atoms with van der Waals surface area (Å²) in [4.78, 5) is 27.3. The molecule has 1 heterocycles. The molecule has 2 saturated carbocycles. The zero-order valence-electron chi connectivity index (χ0n) is 20.2. The second-order valence-electron chi connectivity index (χ2n) is 11.3. The Morgan fingerprint density at radius 3 is 2.44 bits per heavy atom. The molecule has 3 fully saturated rings. The fraction of sp³-hybridized carbons (Fsp3) is 0.630. The Morgan fingerprint density at radius 2 is 1.82 bits per heavy atom. The van der Waals surface area contributed by atoms with Crippen LogP contribution in [0.3, 0.4) is 0 Å². The van der Waals surface area contributed by atoms with Crippen LogP contribution in [0.4, 0.5) is 0 Å². The monoisotopic (exact) mass is 470 g/mol. The van der Waals surface area contributed by atoms with Crippen LogP contribution in [0.25, 0.3) is 0 Å². The van der Waals surface area contributed by atoms with Crippen LogP contribution in [0.5, 0.6) is 0 Å². The van der Waals surface area contributed by atoms with Crippen LogP contribution in [0.2, 0.25) is 0 Å². The number of benzene rings is 1. The lowest BCUT2D eigenvalue weighted by atomic mass is 9.46. The summed E-state index contributed by atoms with van der Waals surface area (Å²) in [5.74, 6) is -1.60. The summed E-state index contributed by atoms with van der Waals surface area (Å²) in [6.07, 6.45) is -2.63. The van der Waals surface area contributed by atoms with Crippen LogP contribution < -0.4 is 0 Å². The molecule has 5 rings (SSSR count). The van der Waals surface area contributed by atoms with Crippen molar-refractivity contribution in [3.8, 4) is 0 Å². The Bertz CT molecular complexity index is 1050. The van der Waals surface area contributed by atoms with Gasteiger partial charge in [0.15, 0.2) is 5.78 Å². The third kappa shape index (κ3) is 3.03. The molecule has 34 heavy (non-hydrogen) atoms. The van der Waals surface area contributed by atoms with Gasteiger partial charge in [0, 0.05) is 29.1 Å². The van der Waals surface area contributed by atoms with E-state index in [1.807, 2.05) is 6.92 Å². The maximum atomic E-state index is 13.9. The lowest BCUT2D eigenvalue weighted by Crippen LogP contribution is -2.72. The topological polar surface area (TPSA) is 113 Å². The normalized spacial score (nSPS) is 43.1. The number of ether oxygens (including phenoxy) is 2. The van der Waals surface area contributed by atoms with Crippen LogP contribution in [-0.2, 0) is 14.3 Å². The number of hydrogen-bond donors (Lipinski definition) is 3. The molecule has 0 spiro atoms. The van der Waals surface area contributed by atoms with E-state index >= 15 is 0 Å². The number of hydrogen-bond acceptors (Lipinski definition) is 7. The van der Waals surface area contributed by atoms with Crippen molar-refractivity contribution in [2.45, 2.75) is 77.0 Å². The number of fused-ring (bicyclic) bond motifs is 5. The van der Waals surface area contributed by atoms with Gasteiger partial charge >= 0.3 is 5.97 Å². The van der Waals surface area contributed by atoms with E-state index in [1.54, 1.807) is 51.1 Å². The van der Waals surface area contributed by atoms with Crippen molar-refractivity contribution < 1.29 is 34.4 Å². The van der Waals surface area contributed by atoms with E-state index in [0.717, 1.165) is 0 Å². The van der Waals surface area contributed by atoms with Gasteiger partial charge in [-0.15, -0.1) is 0 Å². The molecule has 3 N–H and O–H groups in total. The number of aliphatic hydroxyl groups is 3. The maximum Gasteiger partial charge on any atom is 0.338 e. The maximum absolute atomic E-state index is 13.9. The summed E-state index contributed by atoms with van der Waals surface area (Å²) in [6, 6.07) is 8.58. The first-order valence-electron chi connectivity index (χ1n) is 12.1. The molecule has 1 aromatic rings. The molecule has 3 aliphatic carbocycles. The van der Waals surface area contributed by atoms with Gasteiger partial charge in [-0.3, -0.25) is 4.79 Å². The van der Waals surface area contributed by atoms with E-state index < -0.39 is 46.6 Å². The molecular formula is C27H34O7. The molecular weight excluding hydrogens is 436 g/mol. The fourth-order valence-corrected chi connectivity index (χ4v) is 7.21. The van der Waals surface area contributed by atoms with Gasteiger partial charge in [0.1, 0.15) is 17.8 Å². The molecule has 7 nitrogen and oxygen atoms in total. The molecule has 8 atom stereocenters. The highest BCUT2D eigenvalue weighted by atomic mass is 16.6. The van der Waals surface area contributed by atoms with Crippen molar-refractivity contribution in [3.05, 3.63) is 47.0 Å². The Hall–Kier alpha value is -2.06. The number of Topliss-reactive ketones (excluding diaryl/α,β-unsaturated/α-hetero) is 1. The third-order valence-electron chi connectivity index (χ3n) is 9.44. The Morgan fingerprint density at radius 1 is 1.15 bits per heavy atom. The molecule has 1 aromatic carbocycles. The minimum Gasteiger partial charge on any atom is -0.455 e. The third-order valence-corrected chi connectivity index (χ3v) is 9.44. The number of carbonyl (C=O) groups excluding carboxylic acids is 2. The van der Waals surface area contributed by atoms with Crippen molar-refractivity contribution in [2.75, 3.05) is 6.61 Å². The Kier molecular flexibility index (Phi) is 5.37. The van der Waals surface area contributed by atoms with E-state index in [0.29, 0.717) is 36.2 Å². The van der Waals surface area contributed by atoms with Gasteiger partial charge in [-0.1, -0.05) is 39.0 Å². The van der Waals surface area contributed by atoms with Crippen LogP contribution in [0.1, 0.15) is 57.3 Å². The van der Waals surface area contributed by atoms with Crippen molar-refractivity contribution >= 4 is 11.8 Å². The summed E-state index contributed by atoms with van der Waals surface area (Å²) in [6.45, 7) is 7.44. The molecule has 0 amide bonds. The van der Waals surface area contributed by atoms with E-state index in [4.69, 9.17) is 9.47 Å². The summed E-state index contributed by atoms with van der Waals surface area (Å²) in [5, 5.41) is 34.8. The minimum absolute atomic E-state index is 0.0617. The van der Waals surface area contributed by atoms with Crippen molar-refractivity contribution in [2.24, 2.45) is 22.7 Å². The van der Waals surface area contributed by atoms with Gasteiger partial charge in [0.2, 0.25) is 0 Å². The standard InChI is InChI=1S/C27H34O7/c1-14-17(28)12-27(32)23(34-24(31)15-8-6-5-7-9-15)20-16-13-33-18(16)10-11-26(20,4)22(30)21(29)19(14)25(27,2)3/h5-9,16-18,20-21,23,28-29,32H,10-13H2,1-4H3/t16-,17+,18-,20+,21-,23+,26-,27-/m1/s1. The van der Waals surface area contributed by atoms with Crippen LogP contribution in [-0.4, -0.2) is 63.7 Å². The average Bonchev–Trinajstić information content (AvgIpc) is 2.77. The summed E-state index contributed by atoms with van der Waals surface area (Å²) in [7, 11) is 0. The largest absolute Gasteiger partial charge is 0.455 e. The van der Waals surface area contributed by atoms with Gasteiger partial charge in [-0.2, -0.15) is 0 Å². The van der Waals surface area contributed by atoms with E-state index in [9.17, 15) is 24.9 Å².